The van der Waals surface area contributed by atoms with Crippen LogP contribution >= 0.6 is 0 Å². The maximum absolute atomic E-state index is 13.2. The Labute approximate surface area is 155 Å². The van der Waals surface area contributed by atoms with Crippen molar-refractivity contribution in [3.8, 4) is 11.4 Å². The Morgan fingerprint density at radius 3 is 2.37 bits per heavy atom. The molecule has 0 unspecified atom stereocenters. The maximum atomic E-state index is 13.2. The third kappa shape index (κ3) is 3.74. The van der Waals surface area contributed by atoms with Crippen molar-refractivity contribution >= 4 is 11.8 Å². The fourth-order valence-corrected chi connectivity index (χ4v) is 2.97. The Bertz CT molecular complexity index is 1010. The molecule has 0 spiro atoms. The van der Waals surface area contributed by atoms with Crippen molar-refractivity contribution in [2.24, 2.45) is 0 Å². The third-order valence-corrected chi connectivity index (χ3v) is 4.27. The minimum atomic E-state index is -0.770. The van der Waals surface area contributed by atoms with E-state index >= 15 is 0 Å². The molecule has 0 aliphatic carbocycles. The first kappa shape index (κ1) is 18.4. The molecule has 0 fully saturated rings. The number of para-hydroxylation sites is 1. The fraction of sp³-hybridized carbons (Fsp3) is 0.143. The molecule has 1 heterocycles. The van der Waals surface area contributed by atoms with Gasteiger partial charge in [0.05, 0.1) is 0 Å². The zero-order valence-corrected chi connectivity index (χ0v) is 14.9. The summed E-state index contributed by atoms with van der Waals surface area (Å²) in [6.45, 7) is 3.16. The van der Waals surface area contributed by atoms with Crippen molar-refractivity contribution < 1.29 is 23.8 Å². The number of aromatic nitrogens is 1. The highest BCUT2D eigenvalue weighted by molar-refractivity contribution is 6.01. The topological polar surface area (TPSA) is 68.5 Å². The number of hydrogen-bond acceptors (Lipinski definition) is 4. The van der Waals surface area contributed by atoms with Gasteiger partial charge in [-0.05, 0) is 56.3 Å². The second kappa shape index (κ2) is 7.45. The molecule has 2 aromatic carbocycles. The van der Waals surface area contributed by atoms with Crippen LogP contribution in [-0.2, 0) is 4.74 Å². The number of carbonyl (C=O) groups excluding carboxylic acids is 2. The Balaban J connectivity index is 1.78. The molecule has 1 aromatic heterocycles. The molecule has 0 amide bonds. The molecular formula is C21H18FNO4. The van der Waals surface area contributed by atoms with E-state index in [1.165, 1.54) is 24.3 Å². The number of esters is 1. The molecule has 0 saturated carbocycles. The van der Waals surface area contributed by atoms with Crippen LogP contribution < -0.4 is 0 Å². The first-order chi connectivity index (χ1) is 12.9. The number of halogens is 1. The molecule has 0 bridgehead atoms. The van der Waals surface area contributed by atoms with E-state index < -0.39 is 12.6 Å². The van der Waals surface area contributed by atoms with Gasteiger partial charge in [-0.2, -0.15) is 0 Å². The van der Waals surface area contributed by atoms with Crippen molar-refractivity contribution in [3.63, 3.8) is 0 Å². The summed E-state index contributed by atoms with van der Waals surface area (Å²) in [5.41, 5.74) is 2.62. The lowest BCUT2D eigenvalue weighted by molar-refractivity contribution is 0.0471. The molecule has 0 saturated heterocycles. The van der Waals surface area contributed by atoms with E-state index in [1.54, 1.807) is 37.3 Å². The van der Waals surface area contributed by atoms with Gasteiger partial charge in [0.2, 0.25) is 5.78 Å². The number of ketones is 1. The SMILES string of the molecule is Cc1cc(C(=O)COC(=O)c2ccccc2O)c(C)n1-c1ccc(F)cc1. The molecule has 27 heavy (non-hydrogen) atoms. The molecule has 0 aliphatic rings. The summed E-state index contributed by atoms with van der Waals surface area (Å²) in [5.74, 6) is -1.67. The largest absolute Gasteiger partial charge is 0.507 e. The highest BCUT2D eigenvalue weighted by Gasteiger charge is 2.19. The summed E-state index contributed by atoms with van der Waals surface area (Å²) in [4.78, 5) is 24.6. The van der Waals surface area contributed by atoms with Crippen LogP contribution in [0.2, 0.25) is 0 Å². The molecule has 5 nitrogen and oxygen atoms in total. The van der Waals surface area contributed by atoms with Gasteiger partial charge in [-0.25, -0.2) is 9.18 Å². The van der Waals surface area contributed by atoms with E-state index in [4.69, 9.17) is 4.74 Å². The lowest BCUT2D eigenvalue weighted by atomic mass is 10.1. The molecule has 3 rings (SSSR count). The molecule has 3 aromatic rings. The number of phenols is 1. The normalized spacial score (nSPS) is 10.6. The lowest BCUT2D eigenvalue weighted by Gasteiger charge is -2.10. The zero-order chi connectivity index (χ0) is 19.6. The van der Waals surface area contributed by atoms with Gasteiger partial charge in [0.25, 0.3) is 0 Å². The van der Waals surface area contributed by atoms with Gasteiger partial charge < -0.3 is 14.4 Å². The minimum Gasteiger partial charge on any atom is -0.507 e. The number of benzene rings is 2. The van der Waals surface area contributed by atoms with Crippen LogP contribution in [0.5, 0.6) is 5.75 Å². The van der Waals surface area contributed by atoms with Crippen molar-refractivity contribution in [2.75, 3.05) is 6.61 Å². The number of rotatable bonds is 5. The molecule has 138 valence electrons. The summed E-state index contributed by atoms with van der Waals surface area (Å²) in [6, 6.07) is 13.6. The van der Waals surface area contributed by atoms with Crippen LogP contribution in [-0.4, -0.2) is 28.0 Å². The Hall–Kier alpha value is -3.41. The van der Waals surface area contributed by atoms with E-state index in [0.29, 0.717) is 11.3 Å². The van der Waals surface area contributed by atoms with Crippen LogP contribution in [0.15, 0.2) is 54.6 Å². The van der Waals surface area contributed by atoms with Crippen molar-refractivity contribution in [2.45, 2.75) is 13.8 Å². The predicted octanol–water partition coefficient (Wildman–Crippen LogP) is 3.98. The lowest BCUT2D eigenvalue weighted by Crippen LogP contribution is -2.15. The monoisotopic (exact) mass is 367 g/mol. The van der Waals surface area contributed by atoms with Crippen LogP contribution in [0.1, 0.15) is 32.1 Å². The van der Waals surface area contributed by atoms with E-state index in [-0.39, 0.29) is 22.9 Å². The molecule has 0 atom stereocenters. The van der Waals surface area contributed by atoms with Crippen LogP contribution in [0, 0.1) is 19.7 Å². The van der Waals surface area contributed by atoms with Gasteiger partial charge in [0.1, 0.15) is 17.1 Å². The van der Waals surface area contributed by atoms with Crippen molar-refractivity contribution in [3.05, 3.63) is 82.9 Å². The van der Waals surface area contributed by atoms with Crippen LogP contribution in [0.4, 0.5) is 4.39 Å². The molecular weight excluding hydrogens is 349 g/mol. The number of carbonyl (C=O) groups is 2. The predicted molar refractivity (Wildman–Crippen MR) is 97.9 cm³/mol. The van der Waals surface area contributed by atoms with Gasteiger partial charge in [-0.15, -0.1) is 0 Å². The highest BCUT2D eigenvalue weighted by Crippen LogP contribution is 2.22. The van der Waals surface area contributed by atoms with Gasteiger partial charge in [-0.1, -0.05) is 12.1 Å². The van der Waals surface area contributed by atoms with Gasteiger partial charge in [-0.3, -0.25) is 4.79 Å². The fourth-order valence-electron chi connectivity index (χ4n) is 2.97. The number of phenolic OH excluding ortho intramolecular Hbond substituents is 1. The smallest absolute Gasteiger partial charge is 0.342 e. The first-order valence-electron chi connectivity index (χ1n) is 8.31. The number of Topliss-reactive ketones (excluding diaryl/α,β-unsaturated/α-hetero) is 1. The summed E-state index contributed by atoms with van der Waals surface area (Å²) in [6.07, 6.45) is 0. The molecule has 6 heteroatoms. The van der Waals surface area contributed by atoms with Gasteiger partial charge in [0.15, 0.2) is 6.61 Å². The summed E-state index contributed by atoms with van der Waals surface area (Å²) in [5, 5.41) is 9.68. The Kier molecular flexibility index (Phi) is 5.07. The second-order valence-corrected chi connectivity index (χ2v) is 6.11. The number of aromatic hydroxyl groups is 1. The second-order valence-electron chi connectivity index (χ2n) is 6.11. The Morgan fingerprint density at radius 2 is 1.70 bits per heavy atom. The number of ether oxygens (including phenoxy) is 1. The van der Waals surface area contributed by atoms with Crippen LogP contribution in [0.3, 0.4) is 0 Å². The molecule has 0 aliphatic heterocycles. The van der Waals surface area contributed by atoms with E-state index in [0.717, 1.165) is 11.4 Å². The summed E-state index contributed by atoms with van der Waals surface area (Å²) in [7, 11) is 0. The van der Waals surface area contributed by atoms with E-state index in [9.17, 15) is 19.1 Å². The average molecular weight is 367 g/mol. The van der Waals surface area contributed by atoms with E-state index in [2.05, 4.69) is 0 Å². The average Bonchev–Trinajstić information content (AvgIpc) is 2.95. The number of nitrogens with zero attached hydrogens (tertiary/aromatic N) is 1. The van der Waals surface area contributed by atoms with Gasteiger partial charge >= 0.3 is 5.97 Å². The zero-order valence-electron chi connectivity index (χ0n) is 14.9. The summed E-state index contributed by atoms with van der Waals surface area (Å²) < 4.78 is 20.0. The first-order valence-corrected chi connectivity index (χ1v) is 8.31. The van der Waals surface area contributed by atoms with Crippen molar-refractivity contribution in [1.82, 2.24) is 4.57 Å². The quantitative estimate of drug-likeness (QED) is 0.547. The summed E-state index contributed by atoms with van der Waals surface area (Å²) >= 11 is 0. The maximum Gasteiger partial charge on any atom is 0.342 e. The van der Waals surface area contributed by atoms with Crippen LogP contribution in [0.25, 0.3) is 5.69 Å². The highest BCUT2D eigenvalue weighted by atomic mass is 19.1. The standard InChI is InChI=1S/C21H18FNO4/c1-13-11-18(14(2)23(13)16-9-7-15(22)8-10-16)20(25)12-27-21(26)17-5-3-4-6-19(17)24/h3-11,24H,12H2,1-2H3. The third-order valence-electron chi connectivity index (χ3n) is 4.27. The number of aryl methyl sites for hydroxylation is 1. The van der Waals surface area contributed by atoms with E-state index in [1.807, 2.05) is 11.5 Å². The molecule has 0 radical (unpaired) electrons. The van der Waals surface area contributed by atoms with Gasteiger partial charge in [0, 0.05) is 22.6 Å². The Morgan fingerprint density at radius 1 is 1.04 bits per heavy atom. The van der Waals surface area contributed by atoms with Crippen molar-refractivity contribution in [1.29, 1.82) is 0 Å². The molecule has 1 N–H and O–H groups in total. The minimum absolute atomic E-state index is 0.00193. The number of hydrogen-bond donors (Lipinski definition) is 1.